The molecule has 3 heteroatoms. The van der Waals surface area contributed by atoms with E-state index in [-0.39, 0.29) is 0 Å². The van der Waals surface area contributed by atoms with Crippen molar-refractivity contribution in [1.29, 1.82) is 0 Å². The Morgan fingerprint density at radius 1 is 0.536 bits per heavy atom. The molecule has 0 bridgehead atoms. The average Bonchev–Trinajstić information content (AvgIpc) is 3.79. The number of allylic oxidation sites excluding steroid dienone is 2. The molecule has 2 nitrogen and oxygen atoms in total. The molecule has 2 aromatic heterocycles. The number of para-hydroxylation sites is 2. The molecule has 56 heavy (non-hydrogen) atoms. The molecular weight excluding hydrogens is 699 g/mol. The van der Waals surface area contributed by atoms with E-state index in [1.54, 1.807) is 11.3 Å². The molecule has 10 aromatic rings. The summed E-state index contributed by atoms with van der Waals surface area (Å²) in [6, 6.07) is 65.1. The van der Waals surface area contributed by atoms with Crippen LogP contribution in [0.15, 0.2) is 198 Å². The van der Waals surface area contributed by atoms with Crippen LogP contribution in [0.4, 0.5) is 11.4 Å². The monoisotopic (exact) mass is 735 g/mol. The Labute approximate surface area is 329 Å². The largest absolute Gasteiger partial charge is 0.456 e. The van der Waals surface area contributed by atoms with Crippen molar-refractivity contribution in [2.24, 2.45) is 0 Å². The number of furan rings is 1. The third-order valence-electron chi connectivity index (χ3n) is 10.8. The number of fused-ring (bicyclic) bond motifs is 5. The van der Waals surface area contributed by atoms with Gasteiger partial charge in [-0.2, -0.15) is 0 Å². The first kappa shape index (κ1) is 33.6. The van der Waals surface area contributed by atoms with Crippen LogP contribution in [0.1, 0.15) is 6.92 Å². The Balaban J connectivity index is 1.12. The van der Waals surface area contributed by atoms with Gasteiger partial charge in [-0.3, -0.25) is 0 Å². The summed E-state index contributed by atoms with van der Waals surface area (Å²) >= 11 is 1.79. The molecule has 0 aliphatic rings. The summed E-state index contributed by atoms with van der Waals surface area (Å²) < 4.78 is 8.53. The quantitative estimate of drug-likeness (QED) is 0.162. The molecule has 0 spiro atoms. The van der Waals surface area contributed by atoms with Crippen LogP contribution in [0.3, 0.4) is 0 Å². The molecule has 0 N–H and O–H groups in total. The van der Waals surface area contributed by atoms with Gasteiger partial charge in [-0.1, -0.05) is 146 Å². The maximum Gasteiger partial charge on any atom is 0.135 e. The Morgan fingerprint density at radius 2 is 1.18 bits per heavy atom. The molecule has 0 saturated carbocycles. The summed E-state index contributed by atoms with van der Waals surface area (Å²) in [7, 11) is 0. The number of anilines is 2. The van der Waals surface area contributed by atoms with E-state index in [0.717, 1.165) is 71.0 Å². The molecule has 0 saturated heterocycles. The number of hydrogen-bond acceptors (Lipinski definition) is 3. The highest BCUT2D eigenvalue weighted by Crippen LogP contribution is 2.41. The van der Waals surface area contributed by atoms with Gasteiger partial charge in [0.1, 0.15) is 11.2 Å². The topological polar surface area (TPSA) is 16.4 Å². The minimum atomic E-state index is 0.901. The van der Waals surface area contributed by atoms with Crippen LogP contribution in [0, 0.1) is 0 Å². The SMILES string of the molecule is C=c1/c(=C\C(=C/C)N(c2ccc(-c3ccc4oc5ccccc5c4c3)cc2)c2ccccc2-c2cccc(-c3cccc4ccccc34)c2)sc2ccccc12. The predicted octanol–water partition coefficient (Wildman–Crippen LogP) is 13.9. The van der Waals surface area contributed by atoms with Crippen LogP contribution < -0.4 is 14.7 Å². The molecule has 0 unspecified atom stereocenters. The van der Waals surface area contributed by atoms with Gasteiger partial charge < -0.3 is 9.32 Å². The van der Waals surface area contributed by atoms with Gasteiger partial charge in [0, 0.05) is 37.0 Å². The Morgan fingerprint density at radius 3 is 2.02 bits per heavy atom. The zero-order valence-corrected chi connectivity index (χ0v) is 31.8. The highest BCUT2D eigenvalue weighted by molar-refractivity contribution is 7.17. The number of rotatable bonds is 7. The van der Waals surface area contributed by atoms with E-state index in [1.807, 2.05) is 12.1 Å². The van der Waals surface area contributed by atoms with Crippen LogP contribution in [0.5, 0.6) is 0 Å². The lowest BCUT2D eigenvalue weighted by atomic mass is 9.94. The van der Waals surface area contributed by atoms with Crippen molar-refractivity contribution in [2.45, 2.75) is 6.92 Å². The summed E-state index contributed by atoms with van der Waals surface area (Å²) in [4.78, 5) is 2.39. The summed E-state index contributed by atoms with van der Waals surface area (Å²) in [5.41, 5.74) is 12.1. The molecular formula is C53H37NOS. The average molecular weight is 736 g/mol. The van der Waals surface area contributed by atoms with Crippen LogP contribution >= 0.6 is 11.3 Å². The fraction of sp³-hybridized carbons (Fsp3) is 0.0189. The van der Waals surface area contributed by atoms with Crippen molar-refractivity contribution < 1.29 is 4.42 Å². The number of benzene rings is 8. The van der Waals surface area contributed by atoms with E-state index in [2.05, 4.69) is 200 Å². The summed E-state index contributed by atoms with van der Waals surface area (Å²) in [6.45, 7) is 6.66. The van der Waals surface area contributed by atoms with Crippen LogP contribution in [-0.2, 0) is 0 Å². The van der Waals surface area contributed by atoms with Crippen molar-refractivity contribution in [3.63, 3.8) is 0 Å². The lowest BCUT2D eigenvalue weighted by Gasteiger charge is -2.29. The van der Waals surface area contributed by atoms with Gasteiger partial charge in [-0.15, -0.1) is 11.3 Å². The van der Waals surface area contributed by atoms with E-state index in [1.165, 1.54) is 32.0 Å². The van der Waals surface area contributed by atoms with Crippen LogP contribution in [-0.4, -0.2) is 0 Å². The maximum atomic E-state index is 6.14. The third kappa shape index (κ3) is 5.90. The summed E-state index contributed by atoms with van der Waals surface area (Å²) in [5.74, 6) is 0. The number of thiophene rings is 1. The molecule has 2 heterocycles. The lowest BCUT2D eigenvalue weighted by molar-refractivity contribution is 0.669. The standard InChI is InChI=1S/C53H37NOS/c1-3-41(34-53-35(2)43-18-8-11-25-52(43)56-53)54(42-29-26-36(27-30-42)38-28-31-51-48(33-38)47-21-7-10-24-50(47)55-51)49-23-9-6-20-46(49)40-17-12-16-39(32-40)45-22-13-15-37-14-4-5-19-44(37)45/h3-34H,2H2,1H3/b41-3+,53-34+. The summed E-state index contributed by atoms with van der Waals surface area (Å²) in [6.07, 6.45) is 4.50. The number of hydrogen-bond donors (Lipinski definition) is 0. The van der Waals surface area contributed by atoms with Crippen molar-refractivity contribution in [3.05, 3.63) is 204 Å². The van der Waals surface area contributed by atoms with Gasteiger partial charge in [-0.25, -0.2) is 0 Å². The molecule has 8 aromatic carbocycles. The van der Waals surface area contributed by atoms with E-state index >= 15 is 0 Å². The maximum absolute atomic E-state index is 6.14. The van der Waals surface area contributed by atoms with E-state index in [9.17, 15) is 0 Å². The second-order valence-electron chi connectivity index (χ2n) is 14.1. The van der Waals surface area contributed by atoms with Crippen LogP contribution in [0.25, 0.3) is 88.8 Å². The van der Waals surface area contributed by atoms with Gasteiger partial charge in [-0.05, 0) is 111 Å². The summed E-state index contributed by atoms with van der Waals surface area (Å²) in [5, 5.41) is 7.00. The first-order valence-electron chi connectivity index (χ1n) is 19.0. The molecule has 0 aliphatic carbocycles. The van der Waals surface area contributed by atoms with Gasteiger partial charge >= 0.3 is 0 Å². The first-order valence-corrected chi connectivity index (χ1v) is 19.8. The highest BCUT2D eigenvalue weighted by Gasteiger charge is 2.19. The van der Waals surface area contributed by atoms with E-state index in [4.69, 9.17) is 4.42 Å². The van der Waals surface area contributed by atoms with E-state index in [0.29, 0.717) is 0 Å². The van der Waals surface area contributed by atoms with Gasteiger partial charge in [0.05, 0.1) is 5.69 Å². The zero-order chi connectivity index (χ0) is 37.6. The second-order valence-corrected chi connectivity index (χ2v) is 15.2. The Bertz CT molecular complexity index is 3230. The molecule has 10 rings (SSSR count). The number of nitrogens with zero attached hydrogens (tertiary/aromatic N) is 1. The van der Waals surface area contributed by atoms with Crippen LogP contribution in [0.2, 0.25) is 0 Å². The van der Waals surface area contributed by atoms with Gasteiger partial charge in [0.25, 0.3) is 0 Å². The normalized spacial score (nSPS) is 12.3. The van der Waals surface area contributed by atoms with E-state index < -0.39 is 0 Å². The molecule has 0 atom stereocenters. The smallest absolute Gasteiger partial charge is 0.135 e. The molecule has 0 aliphatic heterocycles. The predicted molar refractivity (Wildman–Crippen MR) is 241 cm³/mol. The van der Waals surface area contributed by atoms with Crippen molar-refractivity contribution in [1.82, 2.24) is 0 Å². The first-order chi connectivity index (χ1) is 27.6. The highest BCUT2D eigenvalue weighted by atomic mass is 32.1. The van der Waals surface area contributed by atoms with Gasteiger partial charge in [0.2, 0.25) is 0 Å². The lowest BCUT2D eigenvalue weighted by Crippen LogP contribution is -2.22. The second kappa shape index (κ2) is 14.0. The Kier molecular flexibility index (Phi) is 8.43. The zero-order valence-electron chi connectivity index (χ0n) is 30.9. The fourth-order valence-corrected chi connectivity index (χ4v) is 9.12. The van der Waals surface area contributed by atoms with Crippen molar-refractivity contribution in [2.75, 3.05) is 4.90 Å². The molecule has 0 radical (unpaired) electrons. The molecule has 0 fully saturated rings. The minimum Gasteiger partial charge on any atom is -0.456 e. The minimum absolute atomic E-state index is 0.901. The van der Waals surface area contributed by atoms with Crippen molar-refractivity contribution in [3.8, 4) is 33.4 Å². The Hall–Kier alpha value is -6.94. The third-order valence-corrected chi connectivity index (χ3v) is 12.0. The van der Waals surface area contributed by atoms with Crippen molar-refractivity contribution >= 4 is 78.2 Å². The molecule has 266 valence electrons. The van der Waals surface area contributed by atoms with Gasteiger partial charge in [0.15, 0.2) is 0 Å². The molecule has 0 amide bonds. The fourth-order valence-electron chi connectivity index (χ4n) is 8.03.